The molecule has 1 rings (SSSR count). The molecular weight excluding hydrogens is 276 g/mol. The molecule has 0 bridgehead atoms. The lowest BCUT2D eigenvalue weighted by Gasteiger charge is -2.08. The standard InChI is InChI=1S/C11H15ClN2O3S/c1-2-7-18(16,17)13-8-11(15)14-10-6-4-3-5-9(10)12/h3-6,13H,2,7-8H2,1H3,(H,14,15). The largest absolute Gasteiger partial charge is 0.324 e. The van der Waals surface area contributed by atoms with Crippen LogP contribution in [0.3, 0.4) is 0 Å². The van der Waals surface area contributed by atoms with Crippen molar-refractivity contribution in [2.24, 2.45) is 0 Å². The van der Waals surface area contributed by atoms with Crippen molar-refractivity contribution in [1.29, 1.82) is 0 Å². The summed E-state index contributed by atoms with van der Waals surface area (Å²) in [5.74, 6) is -0.449. The lowest BCUT2D eigenvalue weighted by atomic mass is 10.3. The summed E-state index contributed by atoms with van der Waals surface area (Å²) in [6.45, 7) is 1.45. The molecule has 0 radical (unpaired) electrons. The molecule has 0 spiro atoms. The molecule has 1 amide bonds. The molecule has 1 aromatic rings. The van der Waals surface area contributed by atoms with Gasteiger partial charge in [-0.3, -0.25) is 4.79 Å². The Kier molecular flexibility index (Phi) is 5.58. The zero-order valence-corrected chi connectivity index (χ0v) is 11.5. The highest BCUT2D eigenvalue weighted by Gasteiger charge is 2.11. The minimum Gasteiger partial charge on any atom is -0.324 e. The van der Waals surface area contributed by atoms with E-state index in [1.807, 2.05) is 0 Å². The van der Waals surface area contributed by atoms with E-state index in [9.17, 15) is 13.2 Å². The van der Waals surface area contributed by atoms with Crippen molar-refractivity contribution in [3.8, 4) is 0 Å². The fourth-order valence-electron chi connectivity index (χ4n) is 1.27. The van der Waals surface area contributed by atoms with Gasteiger partial charge in [-0.1, -0.05) is 30.7 Å². The van der Waals surface area contributed by atoms with Crippen LogP contribution in [0.15, 0.2) is 24.3 Å². The van der Waals surface area contributed by atoms with Gasteiger partial charge >= 0.3 is 0 Å². The Morgan fingerprint density at radius 2 is 2.00 bits per heavy atom. The number of hydrogen-bond donors (Lipinski definition) is 2. The molecule has 0 unspecified atom stereocenters. The van der Waals surface area contributed by atoms with E-state index in [1.54, 1.807) is 31.2 Å². The van der Waals surface area contributed by atoms with Gasteiger partial charge in [-0.05, 0) is 18.6 Å². The lowest BCUT2D eigenvalue weighted by Crippen LogP contribution is -2.34. The first kappa shape index (κ1) is 14.9. The Hall–Kier alpha value is -1.11. The van der Waals surface area contributed by atoms with Crippen LogP contribution in [0, 0.1) is 0 Å². The van der Waals surface area contributed by atoms with E-state index >= 15 is 0 Å². The van der Waals surface area contributed by atoms with Gasteiger partial charge in [0.2, 0.25) is 15.9 Å². The van der Waals surface area contributed by atoms with Crippen LogP contribution in [-0.2, 0) is 14.8 Å². The van der Waals surface area contributed by atoms with Crippen molar-refractivity contribution < 1.29 is 13.2 Å². The van der Waals surface area contributed by atoms with Crippen molar-refractivity contribution >= 4 is 33.2 Å². The molecule has 0 saturated carbocycles. The van der Waals surface area contributed by atoms with Gasteiger partial charge in [0.1, 0.15) is 0 Å². The van der Waals surface area contributed by atoms with E-state index in [1.165, 1.54) is 0 Å². The smallest absolute Gasteiger partial charge is 0.239 e. The van der Waals surface area contributed by atoms with Gasteiger partial charge in [0, 0.05) is 0 Å². The van der Waals surface area contributed by atoms with Gasteiger partial charge in [0.05, 0.1) is 23.0 Å². The summed E-state index contributed by atoms with van der Waals surface area (Å²) in [6.07, 6.45) is 0.501. The molecule has 0 atom stereocenters. The molecule has 7 heteroatoms. The maximum absolute atomic E-state index is 11.5. The number of amides is 1. The molecule has 0 saturated heterocycles. The van der Waals surface area contributed by atoms with Crippen molar-refractivity contribution in [2.45, 2.75) is 13.3 Å². The summed E-state index contributed by atoms with van der Waals surface area (Å²) in [5.41, 5.74) is 0.457. The van der Waals surface area contributed by atoms with E-state index in [0.717, 1.165) is 0 Å². The Balaban J connectivity index is 2.51. The SMILES string of the molecule is CCCS(=O)(=O)NCC(=O)Nc1ccccc1Cl. The number of nitrogens with one attached hydrogen (secondary N) is 2. The number of halogens is 1. The summed E-state index contributed by atoms with van der Waals surface area (Å²) < 4.78 is 24.9. The Morgan fingerprint density at radius 1 is 1.33 bits per heavy atom. The molecule has 0 heterocycles. The molecule has 1 aromatic carbocycles. The zero-order valence-electron chi connectivity index (χ0n) is 9.94. The third kappa shape index (κ3) is 5.03. The second kappa shape index (κ2) is 6.72. The molecule has 0 aliphatic heterocycles. The second-order valence-electron chi connectivity index (χ2n) is 3.67. The summed E-state index contributed by atoms with van der Waals surface area (Å²) in [4.78, 5) is 11.5. The average molecular weight is 291 g/mol. The maximum Gasteiger partial charge on any atom is 0.239 e. The molecule has 18 heavy (non-hydrogen) atoms. The fourth-order valence-corrected chi connectivity index (χ4v) is 2.49. The number of carbonyl (C=O) groups excluding carboxylic acids is 1. The molecule has 2 N–H and O–H groups in total. The van der Waals surface area contributed by atoms with E-state index in [2.05, 4.69) is 10.0 Å². The number of rotatable bonds is 6. The summed E-state index contributed by atoms with van der Waals surface area (Å²) in [7, 11) is -3.37. The molecule has 0 aliphatic rings. The van der Waals surface area contributed by atoms with Gasteiger partial charge < -0.3 is 5.32 Å². The molecule has 0 aliphatic carbocycles. The van der Waals surface area contributed by atoms with Crippen LogP contribution in [0.4, 0.5) is 5.69 Å². The first-order valence-electron chi connectivity index (χ1n) is 5.46. The fraction of sp³-hybridized carbons (Fsp3) is 0.364. The van der Waals surface area contributed by atoms with E-state index in [0.29, 0.717) is 17.1 Å². The molecular formula is C11H15ClN2O3S. The van der Waals surface area contributed by atoms with Crippen LogP contribution in [0.5, 0.6) is 0 Å². The lowest BCUT2D eigenvalue weighted by molar-refractivity contribution is -0.115. The predicted octanol–water partition coefficient (Wildman–Crippen LogP) is 1.61. The third-order valence-electron chi connectivity index (χ3n) is 2.07. The quantitative estimate of drug-likeness (QED) is 0.836. The molecule has 100 valence electrons. The van der Waals surface area contributed by atoms with Crippen molar-refractivity contribution in [3.63, 3.8) is 0 Å². The van der Waals surface area contributed by atoms with E-state index < -0.39 is 15.9 Å². The maximum atomic E-state index is 11.5. The second-order valence-corrected chi connectivity index (χ2v) is 6.00. The van der Waals surface area contributed by atoms with Crippen LogP contribution in [0.25, 0.3) is 0 Å². The number of benzene rings is 1. The van der Waals surface area contributed by atoms with Crippen LogP contribution in [0.1, 0.15) is 13.3 Å². The monoisotopic (exact) mass is 290 g/mol. The van der Waals surface area contributed by atoms with Crippen LogP contribution < -0.4 is 10.0 Å². The molecule has 0 fully saturated rings. The van der Waals surface area contributed by atoms with Gasteiger partial charge in [-0.15, -0.1) is 0 Å². The van der Waals surface area contributed by atoms with Crippen LogP contribution >= 0.6 is 11.6 Å². The van der Waals surface area contributed by atoms with Crippen molar-refractivity contribution in [1.82, 2.24) is 4.72 Å². The molecule has 0 aromatic heterocycles. The minimum absolute atomic E-state index is 0.00632. The van der Waals surface area contributed by atoms with Gasteiger partial charge in [0.25, 0.3) is 0 Å². The van der Waals surface area contributed by atoms with E-state index in [4.69, 9.17) is 11.6 Å². The van der Waals surface area contributed by atoms with Crippen LogP contribution in [-0.4, -0.2) is 26.6 Å². The van der Waals surface area contributed by atoms with Crippen molar-refractivity contribution in [2.75, 3.05) is 17.6 Å². The topological polar surface area (TPSA) is 75.3 Å². The highest BCUT2D eigenvalue weighted by molar-refractivity contribution is 7.89. The summed E-state index contributed by atoms with van der Waals surface area (Å²) in [5, 5.41) is 2.93. The zero-order chi connectivity index (χ0) is 13.6. The number of sulfonamides is 1. The highest BCUT2D eigenvalue weighted by atomic mass is 35.5. The Bertz CT molecular complexity index is 517. The minimum atomic E-state index is -3.37. The van der Waals surface area contributed by atoms with Gasteiger partial charge in [-0.2, -0.15) is 0 Å². The number of para-hydroxylation sites is 1. The normalized spacial score (nSPS) is 11.2. The number of carbonyl (C=O) groups is 1. The van der Waals surface area contributed by atoms with E-state index in [-0.39, 0.29) is 12.3 Å². The summed E-state index contributed by atoms with van der Waals surface area (Å²) in [6, 6.07) is 6.74. The Morgan fingerprint density at radius 3 is 2.61 bits per heavy atom. The third-order valence-corrected chi connectivity index (χ3v) is 3.93. The highest BCUT2D eigenvalue weighted by Crippen LogP contribution is 2.19. The van der Waals surface area contributed by atoms with Crippen molar-refractivity contribution in [3.05, 3.63) is 29.3 Å². The number of anilines is 1. The predicted molar refractivity (Wildman–Crippen MR) is 72.2 cm³/mol. The van der Waals surface area contributed by atoms with Gasteiger partial charge in [-0.25, -0.2) is 13.1 Å². The Labute approximate surface area is 112 Å². The van der Waals surface area contributed by atoms with Crippen LogP contribution in [0.2, 0.25) is 5.02 Å². The average Bonchev–Trinajstić information content (AvgIpc) is 2.30. The summed E-state index contributed by atoms with van der Waals surface area (Å²) >= 11 is 5.85. The first-order valence-corrected chi connectivity index (χ1v) is 7.49. The number of hydrogen-bond acceptors (Lipinski definition) is 3. The van der Waals surface area contributed by atoms with Gasteiger partial charge in [0.15, 0.2) is 0 Å². The first-order chi connectivity index (χ1) is 8.44. The molecule has 5 nitrogen and oxygen atoms in total.